The van der Waals surface area contributed by atoms with Crippen LogP contribution in [0.3, 0.4) is 0 Å². The summed E-state index contributed by atoms with van der Waals surface area (Å²) in [4.78, 5) is 28.5. The zero-order valence-electron chi connectivity index (χ0n) is 18.7. The second-order valence-electron chi connectivity index (χ2n) is 7.73. The van der Waals surface area contributed by atoms with Gasteiger partial charge in [-0.15, -0.1) is 0 Å². The van der Waals surface area contributed by atoms with Crippen molar-refractivity contribution in [1.29, 1.82) is 0 Å². The smallest absolute Gasteiger partial charge is 0.475 e. The predicted molar refractivity (Wildman–Crippen MR) is 117 cm³/mol. The average molecular weight is 493 g/mol. The second-order valence-corrected chi connectivity index (χ2v) is 7.73. The molecular weight excluding hydrogens is 470 g/mol. The number of carbonyl (C=O) groups is 2. The minimum Gasteiger partial charge on any atom is -0.475 e. The highest BCUT2D eigenvalue weighted by molar-refractivity contribution is 5.95. The number of nitrogens with one attached hydrogen (secondary N) is 1. The van der Waals surface area contributed by atoms with Crippen LogP contribution in [0.4, 0.5) is 17.6 Å². The summed E-state index contributed by atoms with van der Waals surface area (Å²) in [6.07, 6.45) is -0.715. The van der Waals surface area contributed by atoms with Crippen LogP contribution in [0.15, 0.2) is 48.8 Å². The van der Waals surface area contributed by atoms with Crippen molar-refractivity contribution in [2.75, 3.05) is 6.54 Å². The van der Waals surface area contributed by atoms with E-state index in [4.69, 9.17) is 9.90 Å². The van der Waals surface area contributed by atoms with Gasteiger partial charge in [-0.05, 0) is 36.7 Å². The van der Waals surface area contributed by atoms with Gasteiger partial charge in [0.25, 0.3) is 5.91 Å². The van der Waals surface area contributed by atoms with E-state index in [9.17, 15) is 22.4 Å². The van der Waals surface area contributed by atoms with Crippen molar-refractivity contribution in [3.05, 3.63) is 77.0 Å². The molecule has 4 rings (SSSR count). The summed E-state index contributed by atoms with van der Waals surface area (Å²) in [5.41, 5.74) is 3.31. The zero-order valence-corrected chi connectivity index (χ0v) is 18.7. The van der Waals surface area contributed by atoms with Crippen molar-refractivity contribution < 1.29 is 32.3 Å². The number of hydrogen-bond acceptors (Lipinski definition) is 5. The lowest BCUT2D eigenvalue weighted by Crippen LogP contribution is -2.27. The molecule has 1 aromatic carbocycles. The number of pyridine rings is 1. The first-order valence-corrected chi connectivity index (χ1v) is 10.7. The molecule has 0 saturated carbocycles. The van der Waals surface area contributed by atoms with Gasteiger partial charge in [0.1, 0.15) is 5.82 Å². The fourth-order valence-corrected chi connectivity index (χ4v) is 3.51. The van der Waals surface area contributed by atoms with Crippen LogP contribution in [-0.2, 0) is 24.4 Å². The second kappa shape index (κ2) is 11.1. The van der Waals surface area contributed by atoms with Crippen LogP contribution in [0, 0.1) is 5.82 Å². The maximum atomic E-state index is 13.0. The number of carboxylic acids is 1. The molecule has 0 fully saturated rings. The molecule has 3 aromatic rings. The van der Waals surface area contributed by atoms with E-state index in [1.807, 2.05) is 6.07 Å². The number of carbonyl (C=O) groups excluding carboxylic acids is 1. The average Bonchev–Trinajstić information content (AvgIpc) is 3.15. The number of nitrogens with zero attached hydrogens (tertiary/aromatic N) is 4. The highest BCUT2D eigenvalue weighted by Crippen LogP contribution is 2.24. The van der Waals surface area contributed by atoms with Gasteiger partial charge < -0.3 is 10.4 Å². The third-order valence-electron chi connectivity index (χ3n) is 5.10. The molecule has 0 atom stereocenters. The lowest BCUT2D eigenvalue weighted by atomic mass is 10.2. The van der Waals surface area contributed by atoms with Crippen molar-refractivity contribution in [2.24, 2.45) is 0 Å². The monoisotopic (exact) mass is 493 g/mol. The standard InChI is InChI=1S/C21H22FN5O.C2HF3O2/c1-2-10-26-13-16-4-3-9-23-20(16)27-19(14-26)18(12-25-27)21(28)24-11-15-5-7-17(22)8-6-15;3-2(4,5)1(6)7/h3-9,12H,2,10-11,13-14H2,1H3,(H,24,28);(H,6,7). The molecule has 186 valence electrons. The van der Waals surface area contributed by atoms with Crippen LogP contribution in [0.2, 0.25) is 0 Å². The van der Waals surface area contributed by atoms with E-state index < -0.39 is 12.1 Å². The van der Waals surface area contributed by atoms with Crippen LogP contribution >= 0.6 is 0 Å². The summed E-state index contributed by atoms with van der Waals surface area (Å²) in [6, 6.07) is 10.1. The first-order chi connectivity index (χ1) is 16.6. The van der Waals surface area contributed by atoms with Crippen molar-refractivity contribution in [3.8, 4) is 5.82 Å². The highest BCUT2D eigenvalue weighted by atomic mass is 19.4. The fraction of sp³-hybridized carbons (Fsp3) is 0.304. The summed E-state index contributed by atoms with van der Waals surface area (Å²) in [5.74, 6) is -2.47. The van der Waals surface area contributed by atoms with E-state index in [-0.39, 0.29) is 11.7 Å². The predicted octanol–water partition coefficient (Wildman–Crippen LogP) is 3.70. The molecular formula is C23H23F4N5O3. The Bertz CT molecular complexity index is 1180. The lowest BCUT2D eigenvalue weighted by Gasteiger charge is -2.19. The lowest BCUT2D eigenvalue weighted by molar-refractivity contribution is -0.192. The molecule has 1 amide bonds. The fourth-order valence-electron chi connectivity index (χ4n) is 3.51. The molecule has 1 aliphatic heterocycles. The Hall–Kier alpha value is -3.80. The number of halogens is 4. The highest BCUT2D eigenvalue weighted by Gasteiger charge is 2.38. The molecule has 1 aliphatic rings. The molecule has 0 bridgehead atoms. The van der Waals surface area contributed by atoms with Crippen LogP contribution in [0.1, 0.15) is 40.5 Å². The molecule has 0 radical (unpaired) electrons. The van der Waals surface area contributed by atoms with Crippen molar-refractivity contribution in [3.63, 3.8) is 0 Å². The third kappa shape index (κ3) is 6.63. The summed E-state index contributed by atoms with van der Waals surface area (Å²) in [7, 11) is 0. The summed E-state index contributed by atoms with van der Waals surface area (Å²) >= 11 is 0. The number of alkyl halides is 3. The number of carboxylic acid groups (broad SMARTS) is 1. The summed E-state index contributed by atoms with van der Waals surface area (Å²) in [6.45, 7) is 4.80. The Morgan fingerprint density at radius 1 is 1.14 bits per heavy atom. The first-order valence-electron chi connectivity index (χ1n) is 10.7. The molecule has 12 heteroatoms. The van der Waals surface area contributed by atoms with Gasteiger partial charge in [0.15, 0.2) is 5.82 Å². The minimum atomic E-state index is -5.08. The van der Waals surface area contributed by atoms with E-state index in [2.05, 4.69) is 33.3 Å². The molecule has 0 spiro atoms. The molecule has 0 unspecified atom stereocenters. The van der Waals surface area contributed by atoms with E-state index in [0.29, 0.717) is 18.7 Å². The number of aromatic nitrogens is 3. The van der Waals surface area contributed by atoms with Gasteiger partial charge in [0.05, 0.1) is 17.5 Å². The molecule has 2 N–H and O–H groups in total. The Morgan fingerprint density at radius 2 is 1.83 bits per heavy atom. The maximum Gasteiger partial charge on any atom is 0.490 e. The van der Waals surface area contributed by atoms with Crippen molar-refractivity contribution in [2.45, 2.75) is 39.2 Å². The molecule has 8 nitrogen and oxygen atoms in total. The number of rotatable bonds is 5. The minimum absolute atomic E-state index is 0.193. The van der Waals surface area contributed by atoms with Crippen molar-refractivity contribution in [1.82, 2.24) is 25.0 Å². The molecule has 2 aromatic heterocycles. The van der Waals surface area contributed by atoms with Gasteiger partial charge >= 0.3 is 12.1 Å². The van der Waals surface area contributed by atoms with Gasteiger partial charge in [-0.25, -0.2) is 18.9 Å². The largest absolute Gasteiger partial charge is 0.490 e. The topological polar surface area (TPSA) is 100 Å². The Balaban J connectivity index is 0.000000429. The number of hydrogen-bond donors (Lipinski definition) is 2. The number of fused-ring (bicyclic) bond motifs is 3. The number of benzene rings is 1. The van der Waals surface area contributed by atoms with Gasteiger partial charge in [-0.1, -0.05) is 25.1 Å². The van der Waals surface area contributed by atoms with E-state index in [1.54, 1.807) is 29.2 Å². The Kier molecular flexibility index (Phi) is 8.18. The molecule has 35 heavy (non-hydrogen) atoms. The van der Waals surface area contributed by atoms with Crippen LogP contribution in [0.25, 0.3) is 5.82 Å². The summed E-state index contributed by atoms with van der Waals surface area (Å²) in [5, 5.41) is 14.5. The SMILES string of the molecule is CCCN1Cc2cccnc2-n2ncc(C(=O)NCc3ccc(F)cc3)c2C1.O=C(O)C(F)(F)F. The molecule has 3 heterocycles. The zero-order chi connectivity index (χ0) is 25.6. The first kappa shape index (κ1) is 25.8. The summed E-state index contributed by atoms with van der Waals surface area (Å²) < 4.78 is 46.6. The van der Waals surface area contributed by atoms with Crippen molar-refractivity contribution >= 4 is 11.9 Å². The van der Waals surface area contributed by atoms with Crippen LogP contribution < -0.4 is 5.32 Å². The Labute approximate surface area is 198 Å². The van der Waals surface area contributed by atoms with Gasteiger partial charge in [-0.3, -0.25) is 9.69 Å². The quantitative estimate of drug-likeness (QED) is 0.526. The number of amides is 1. The van der Waals surface area contributed by atoms with E-state index in [1.165, 1.54) is 12.1 Å². The van der Waals surface area contributed by atoms with Gasteiger partial charge in [0.2, 0.25) is 0 Å². The van der Waals surface area contributed by atoms with E-state index in [0.717, 1.165) is 42.1 Å². The third-order valence-corrected chi connectivity index (χ3v) is 5.10. The van der Waals surface area contributed by atoms with Crippen LogP contribution in [0.5, 0.6) is 0 Å². The molecule has 0 aliphatic carbocycles. The van der Waals surface area contributed by atoms with E-state index >= 15 is 0 Å². The van der Waals surface area contributed by atoms with Crippen LogP contribution in [-0.4, -0.2) is 49.4 Å². The Morgan fingerprint density at radius 3 is 2.46 bits per heavy atom. The maximum absolute atomic E-state index is 13.0. The normalized spacial score (nSPS) is 13.1. The molecule has 0 saturated heterocycles. The number of aliphatic carboxylic acids is 1. The van der Waals surface area contributed by atoms with Gasteiger partial charge in [0, 0.05) is 31.4 Å². The van der Waals surface area contributed by atoms with Gasteiger partial charge in [-0.2, -0.15) is 18.3 Å².